The summed E-state index contributed by atoms with van der Waals surface area (Å²) >= 11 is 2.88. The topological polar surface area (TPSA) is 53.4 Å². The monoisotopic (exact) mass is 219 g/mol. The Labute approximate surface area is 71.2 Å². The molecular weight excluding hydrogens is 216 g/mol. The minimum absolute atomic E-state index is 0.104. The van der Waals surface area contributed by atoms with Crippen LogP contribution in [0.25, 0.3) is 0 Å². The molecule has 1 aromatic rings. The average Bonchev–Trinajstić information content (AvgIpc) is 1.85. The number of hydrogen-bond acceptors (Lipinski definition) is 3. The molecule has 0 aromatic carbocycles. The van der Waals surface area contributed by atoms with Crippen LogP contribution in [0, 0.1) is 5.82 Å². The Bertz CT molecular complexity index is 250. The molecule has 1 rings (SSSR count). The first kappa shape index (κ1) is 8.64. The maximum Gasteiger partial charge on any atom is 0.494 e. The van der Waals surface area contributed by atoms with Gasteiger partial charge in [0.15, 0.2) is 0 Å². The molecule has 3 nitrogen and oxygen atoms in total. The lowest BCUT2D eigenvalue weighted by molar-refractivity contribution is 0.422. The van der Waals surface area contributed by atoms with Gasteiger partial charge in [-0.3, -0.25) is 0 Å². The van der Waals surface area contributed by atoms with Crippen LogP contribution in [0.1, 0.15) is 0 Å². The highest BCUT2D eigenvalue weighted by molar-refractivity contribution is 9.10. The first-order valence-electron chi connectivity index (χ1n) is 2.79. The summed E-state index contributed by atoms with van der Waals surface area (Å²) < 4.78 is 12.8. The third-order valence-corrected chi connectivity index (χ3v) is 1.78. The van der Waals surface area contributed by atoms with E-state index in [-0.39, 0.29) is 10.1 Å². The Morgan fingerprint density at radius 3 is 2.55 bits per heavy atom. The van der Waals surface area contributed by atoms with E-state index in [0.29, 0.717) is 0 Å². The fourth-order valence-electron chi connectivity index (χ4n) is 0.656. The third-order valence-electron chi connectivity index (χ3n) is 1.15. The fourth-order valence-corrected chi connectivity index (χ4v) is 1.17. The predicted molar refractivity (Wildman–Crippen MR) is 41.7 cm³/mol. The summed E-state index contributed by atoms with van der Waals surface area (Å²) in [5.74, 6) is -0.693. The predicted octanol–water partition coefficient (Wildman–Crippen LogP) is -0.337. The summed E-state index contributed by atoms with van der Waals surface area (Å²) in [6.07, 6.45) is 1.23. The molecule has 0 aliphatic rings. The van der Waals surface area contributed by atoms with E-state index < -0.39 is 12.9 Å². The molecule has 0 fully saturated rings. The van der Waals surface area contributed by atoms with E-state index in [1.54, 1.807) is 0 Å². The van der Waals surface area contributed by atoms with Gasteiger partial charge in [-0.1, -0.05) is 0 Å². The summed E-state index contributed by atoms with van der Waals surface area (Å²) in [4.78, 5) is 3.62. The maximum atomic E-state index is 12.7. The average molecular weight is 220 g/mol. The normalized spacial score (nSPS) is 9.82. The summed E-state index contributed by atoms with van der Waals surface area (Å²) in [6, 6.07) is 1.06. The van der Waals surface area contributed by atoms with Crippen molar-refractivity contribution < 1.29 is 14.4 Å². The smallest absolute Gasteiger partial charge is 0.423 e. The van der Waals surface area contributed by atoms with Crippen LogP contribution in [-0.4, -0.2) is 22.2 Å². The van der Waals surface area contributed by atoms with Gasteiger partial charge in [-0.05, 0) is 22.0 Å². The van der Waals surface area contributed by atoms with E-state index in [1.807, 2.05) is 0 Å². The molecule has 0 atom stereocenters. The summed E-state index contributed by atoms with van der Waals surface area (Å²) in [5, 5.41) is 17.3. The molecule has 0 bridgehead atoms. The molecule has 1 aromatic heterocycles. The standard InChI is InChI=1S/C5H4BBrFNO2/c7-5-4(6(10)11)3(8)1-2-9-5/h1-2,10-11H. The van der Waals surface area contributed by atoms with E-state index in [0.717, 1.165) is 6.07 Å². The van der Waals surface area contributed by atoms with Gasteiger partial charge in [-0.25, -0.2) is 9.37 Å². The van der Waals surface area contributed by atoms with Crippen LogP contribution >= 0.6 is 15.9 Å². The summed E-state index contributed by atoms with van der Waals surface area (Å²) in [7, 11) is -1.84. The molecule has 0 radical (unpaired) electrons. The number of pyridine rings is 1. The van der Waals surface area contributed by atoms with E-state index in [4.69, 9.17) is 10.0 Å². The van der Waals surface area contributed by atoms with Crippen molar-refractivity contribution in [2.75, 3.05) is 0 Å². The van der Waals surface area contributed by atoms with Crippen LogP contribution in [0.5, 0.6) is 0 Å². The molecule has 0 saturated heterocycles. The lowest BCUT2D eigenvalue weighted by atomic mass is 9.81. The molecule has 0 unspecified atom stereocenters. The number of aromatic nitrogens is 1. The highest BCUT2D eigenvalue weighted by Crippen LogP contribution is 2.04. The number of rotatable bonds is 1. The van der Waals surface area contributed by atoms with Crippen molar-refractivity contribution in [3.05, 3.63) is 22.7 Å². The second kappa shape index (κ2) is 3.29. The van der Waals surface area contributed by atoms with Gasteiger partial charge >= 0.3 is 7.12 Å². The SMILES string of the molecule is OB(O)c1c(F)ccnc1Br. The minimum Gasteiger partial charge on any atom is -0.423 e. The second-order valence-electron chi connectivity index (χ2n) is 1.87. The van der Waals surface area contributed by atoms with Crippen LogP contribution < -0.4 is 5.46 Å². The van der Waals surface area contributed by atoms with Gasteiger partial charge in [-0.2, -0.15) is 0 Å². The van der Waals surface area contributed by atoms with E-state index >= 15 is 0 Å². The van der Waals surface area contributed by atoms with Crippen molar-refractivity contribution in [2.45, 2.75) is 0 Å². The fraction of sp³-hybridized carbons (Fsp3) is 0. The van der Waals surface area contributed by atoms with Crippen LogP contribution in [0.2, 0.25) is 0 Å². The number of hydrogen-bond donors (Lipinski definition) is 2. The van der Waals surface area contributed by atoms with E-state index in [1.165, 1.54) is 6.20 Å². The van der Waals surface area contributed by atoms with Crippen molar-refractivity contribution in [1.29, 1.82) is 0 Å². The number of halogens is 2. The Morgan fingerprint density at radius 2 is 2.18 bits per heavy atom. The van der Waals surface area contributed by atoms with Crippen molar-refractivity contribution >= 4 is 28.5 Å². The van der Waals surface area contributed by atoms with E-state index in [9.17, 15) is 4.39 Å². The van der Waals surface area contributed by atoms with Gasteiger partial charge in [0.25, 0.3) is 0 Å². The quantitative estimate of drug-likeness (QED) is 0.502. The zero-order valence-corrected chi connectivity index (χ0v) is 6.92. The lowest BCUT2D eigenvalue weighted by Crippen LogP contribution is -2.34. The largest absolute Gasteiger partial charge is 0.494 e. The van der Waals surface area contributed by atoms with Crippen LogP contribution in [0.15, 0.2) is 16.9 Å². The summed E-state index contributed by atoms with van der Waals surface area (Å²) in [5.41, 5.74) is -0.243. The van der Waals surface area contributed by atoms with Gasteiger partial charge in [-0.15, -0.1) is 0 Å². The Kier molecular flexibility index (Phi) is 2.59. The van der Waals surface area contributed by atoms with Crippen LogP contribution in [0.4, 0.5) is 4.39 Å². The highest BCUT2D eigenvalue weighted by Gasteiger charge is 2.20. The van der Waals surface area contributed by atoms with Gasteiger partial charge < -0.3 is 10.0 Å². The first-order valence-corrected chi connectivity index (χ1v) is 3.58. The van der Waals surface area contributed by atoms with Gasteiger partial charge in [0.1, 0.15) is 10.4 Å². The maximum absolute atomic E-state index is 12.7. The van der Waals surface area contributed by atoms with Gasteiger partial charge in [0.2, 0.25) is 0 Å². The summed E-state index contributed by atoms with van der Waals surface area (Å²) in [6.45, 7) is 0. The molecule has 0 aliphatic heterocycles. The van der Waals surface area contributed by atoms with Crippen molar-refractivity contribution in [2.24, 2.45) is 0 Å². The molecule has 11 heavy (non-hydrogen) atoms. The lowest BCUT2D eigenvalue weighted by Gasteiger charge is -2.01. The molecule has 0 spiro atoms. The van der Waals surface area contributed by atoms with Crippen LogP contribution in [-0.2, 0) is 0 Å². The first-order chi connectivity index (χ1) is 5.13. The van der Waals surface area contributed by atoms with Crippen LogP contribution in [0.3, 0.4) is 0 Å². The molecule has 0 saturated carbocycles. The zero-order valence-electron chi connectivity index (χ0n) is 5.33. The Balaban J connectivity index is 3.21. The minimum atomic E-state index is -1.84. The van der Waals surface area contributed by atoms with Crippen molar-refractivity contribution in [3.8, 4) is 0 Å². The second-order valence-corrected chi connectivity index (χ2v) is 2.62. The molecule has 6 heteroatoms. The number of nitrogens with zero attached hydrogens (tertiary/aromatic N) is 1. The Hall–Kier alpha value is -0.455. The molecule has 0 amide bonds. The molecule has 0 aliphatic carbocycles. The molecule has 1 heterocycles. The third kappa shape index (κ3) is 1.77. The van der Waals surface area contributed by atoms with Crippen molar-refractivity contribution in [3.63, 3.8) is 0 Å². The van der Waals surface area contributed by atoms with E-state index in [2.05, 4.69) is 20.9 Å². The Morgan fingerprint density at radius 1 is 1.55 bits per heavy atom. The molecular formula is C5H4BBrFNO2. The zero-order chi connectivity index (χ0) is 8.43. The molecule has 58 valence electrons. The molecule has 2 N–H and O–H groups in total. The van der Waals surface area contributed by atoms with Gasteiger partial charge in [0, 0.05) is 6.20 Å². The highest BCUT2D eigenvalue weighted by atomic mass is 79.9. The van der Waals surface area contributed by atoms with Crippen molar-refractivity contribution in [1.82, 2.24) is 4.98 Å². The van der Waals surface area contributed by atoms with Gasteiger partial charge in [0.05, 0.1) is 5.46 Å².